The smallest absolute Gasteiger partial charge is 0.338 e. The molecule has 1 rings (SSSR count). The van der Waals surface area contributed by atoms with Crippen molar-refractivity contribution >= 4 is 18.4 Å². The third kappa shape index (κ3) is 4.32. The number of nitrogens with two attached hydrogens (primary N) is 1. The molecule has 0 spiro atoms. The third-order valence-electron chi connectivity index (χ3n) is 1.84. The van der Waals surface area contributed by atoms with Crippen LogP contribution in [-0.2, 0) is 11.3 Å². The van der Waals surface area contributed by atoms with E-state index in [1.807, 2.05) is 19.1 Å². The summed E-state index contributed by atoms with van der Waals surface area (Å²) in [6.07, 6.45) is 0.836. The van der Waals surface area contributed by atoms with E-state index >= 15 is 0 Å². The molecule has 0 aliphatic heterocycles. The highest BCUT2D eigenvalue weighted by Gasteiger charge is 2.05. The normalized spacial score (nSPS) is 9.20. The molecule has 0 aromatic heterocycles. The van der Waals surface area contributed by atoms with Crippen LogP contribution >= 0.6 is 12.4 Å². The van der Waals surface area contributed by atoms with Crippen molar-refractivity contribution in [3.05, 3.63) is 35.4 Å². The van der Waals surface area contributed by atoms with Crippen molar-refractivity contribution in [3.63, 3.8) is 0 Å². The molecule has 0 atom stereocenters. The zero-order chi connectivity index (χ0) is 10.4. The van der Waals surface area contributed by atoms with Gasteiger partial charge in [-0.1, -0.05) is 19.1 Å². The maximum atomic E-state index is 11.4. The van der Waals surface area contributed by atoms with Gasteiger partial charge in [0.2, 0.25) is 0 Å². The van der Waals surface area contributed by atoms with Crippen LogP contribution in [0.2, 0.25) is 0 Å². The Morgan fingerprint density at radius 3 is 2.80 bits per heavy atom. The molecule has 0 fully saturated rings. The summed E-state index contributed by atoms with van der Waals surface area (Å²) in [5, 5.41) is 0. The molecule has 0 amide bonds. The Bertz CT molecular complexity index is 315. The molecule has 2 N–H and O–H groups in total. The van der Waals surface area contributed by atoms with Gasteiger partial charge in [-0.05, 0) is 24.1 Å². The highest BCUT2D eigenvalue weighted by molar-refractivity contribution is 5.89. The number of esters is 1. The van der Waals surface area contributed by atoms with Gasteiger partial charge >= 0.3 is 5.97 Å². The van der Waals surface area contributed by atoms with Crippen molar-refractivity contribution in [2.45, 2.75) is 19.9 Å². The van der Waals surface area contributed by atoms with Crippen LogP contribution in [0.5, 0.6) is 0 Å². The lowest BCUT2D eigenvalue weighted by molar-refractivity contribution is 0.0505. The first-order valence-electron chi connectivity index (χ1n) is 4.74. The molecule has 0 saturated carbocycles. The Balaban J connectivity index is 0.00000196. The lowest BCUT2D eigenvalue weighted by atomic mass is 10.1. The zero-order valence-electron chi connectivity index (χ0n) is 8.73. The van der Waals surface area contributed by atoms with Gasteiger partial charge in [0.25, 0.3) is 0 Å². The van der Waals surface area contributed by atoms with E-state index in [2.05, 4.69) is 0 Å². The second-order valence-electron chi connectivity index (χ2n) is 3.04. The van der Waals surface area contributed by atoms with E-state index < -0.39 is 0 Å². The fourth-order valence-electron chi connectivity index (χ4n) is 1.10. The van der Waals surface area contributed by atoms with Crippen molar-refractivity contribution in [3.8, 4) is 0 Å². The highest BCUT2D eigenvalue weighted by Crippen LogP contribution is 2.06. The summed E-state index contributed by atoms with van der Waals surface area (Å²) in [6.45, 7) is 2.87. The van der Waals surface area contributed by atoms with Crippen LogP contribution < -0.4 is 5.73 Å². The molecule has 0 saturated heterocycles. The van der Waals surface area contributed by atoms with Crippen LogP contribution in [0.15, 0.2) is 24.3 Å². The number of benzene rings is 1. The Hall–Kier alpha value is -1.06. The molecule has 0 bridgehead atoms. The predicted molar refractivity (Wildman–Crippen MR) is 62.2 cm³/mol. The van der Waals surface area contributed by atoms with Gasteiger partial charge in [0.15, 0.2) is 0 Å². The number of carbonyl (C=O) groups is 1. The number of carbonyl (C=O) groups excluding carboxylic acids is 1. The standard InChI is InChI=1S/C11H15NO2.ClH/c1-2-6-14-11(13)10-5-3-4-9(7-10)8-12;/h3-5,7H,2,6,8,12H2,1H3;1H. The first-order valence-corrected chi connectivity index (χ1v) is 4.74. The van der Waals surface area contributed by atoms with Gasteiger partial charge in [-0.15, -0.1) is 12.4 Å². The molecule has 0 heterocycles. The van der Waals surface area contributed by atoms with Crippen LogP contribution in [0.1, 0.15) is 29.3 Å². The molecular weight excluding hydrogens is 214 g/mol. The molecule has 15 heavy (non-hydrogen) atoms. The van der Waals surface area contributed by atoms with Gasteiger partial charge in [0.1, 0.15) is 0 Å². The van der Waals surface area contributed by atoms with Gasteiger partial charge in [-0.25, -0.2) is 4.79 Å². The second-order valence-corrected chi connectivity index (χ2v) is 3.04. The summed E-state index contributed by atoms with van der Waals surface area (Å²) in [6, 6.07) is 7.19. The summed E-state index contributed by atoms with van der Waals surface area (Å²) < 4.78 is 5.00. The molecule has 84 valence electrons. The zero-order valence-corrected chi connectivity index (χ0v) is 9.55. The molecule has 4 heteroatoms. The Morgan fingerprint density at radius 2 is 2.20 bits per heavy atom. The summed E-state index contributed by atoms with van der Waals surface area (Å²) in [7, 11) is 0. The minimum atomic E-state index is -0.276. The maximum Gasteiger partial charge on any atom is 0.338 e. The number of halogens is 1. The first-order chi connectivity index (χ1) is 6.77. The number of hydrogen-bond acceptors (Lipinski definition) is 3. The molecule has 0 radical (unpaired) electrons. The van der Waals surface area contributed by atoms with Gasteiger partial charge in [-0.3, -0.25) is 0 Å². The Morgan fingerprint density at radius 1 is 1.47 bits per heavy atom. The molecule has 3 nitrogen and oxygen atoms in total. The molecule has 1 aromatic carbocycles. The molecule has 0 aliphatic carbocycles. The minimum Gasteiger partial charge on any atom is -0.462 e. The molecule has 0 aliphatic rings. The largest absolute Gasteiger partial charge is 0.462 e. The van der Waals surface area contributed by atoms with Crippen LogP contribution in [0.25, 0.3) is 0 Å². The van der Waals surface area contributed by atoms with Crippen LogP contribution in [0, 0.1) is 0 Å². The van der Waals surface area contributed by atoms with Crippen molar-refractivity contribution < 1.29 is 9.53 Å². The van der Waals surface area contributed by atoms with E-state index in [9.17, 15) is 4.79 Å². The van der Waals surface area contributed by atoms with Gasteiger partial charge in [0.05, 0.1) is 12.2 Å². The number of rotatable bonds is 4. The molecular formula is C11H16ClNO2. The highest BCUT2D eigenvalue weighted by atomic mass is 35.5. The fourth-order valence-corrected chi connectivity index (χ4v) is 1.10. The fraction of sp³-hybridized carbons (Fsp3) is 0.364. The average Bonchev–Trinajstić information content (AvgIpc) is 2.26. The third-order valence-corrected chi connectivity index (χ3v) is 1.84. The van der Waals surface area contributed by atoms with E-state index in [4.69, 9.17) is 10.5 Å². The van der Waals surface area contributed by atoms with Crippen LogP contribution in [0.4, 0.5) is 0 Å². The quantitative estimate of drug-likeness (QED) is 0.805. The van der Waals surface area contributed by atoms with Crippen molar-refractivity contribution in [2.24, 2.45) is 5.73 Å². The van der Waals surface area contributed by atoms with Crippen molar-refractivity contribution in [2.75, 3.05) is 6.61 Å². The van der Waals surface area contributed by atoms with E-state index in [0.717, 1.165) is 12.0 Å². The monoisotopic (exact) mass is 229 g/mol. The summed E-state index contributed by atoms with van der Waals surface area (Å²) in [4.78, 5) is 11.4. The van der Waals surface area contributed by atoms with Crippen molar-refractivity contribution in [1.82, 2.24) is 0 Å². The lowest BCUT2D eigenvalue weighted by Crippen LogP contribution is -2.07. The lowest BCUT2D eigenvalue weighted by Gasteiger charge is -2.04. The summed E-state index contributed by atoms with van der Waals surface area (Å²) in [5.41, 5.74) is 6.98. The van der Waals surface area contributed by atoms with E-state index in [-0.39, 0.29) is 18.4 Å². The van der Waals surface area contributed by atoms with E-state index in [0.29, 0.717) is 18.7 Å². The Kier molecular flexibility index (Phi) is 6.75. The second kappa shape index (κ2) is 7.26. The SMILES string of the molecule is CCCOC(=O)c1cccc(CN)c1.Cl. The molecule has 1 aromatic rings. The molecule has 0 unspecified atom stereocenters. The van der Waals surface area contributed by atoms with E-state index in [1.165, 1.54) is 0 Å². The van der Waals surface area contributed by atoms with Gasteiger partial charge < -0.3 is 10.5 Å². The topological polar surface area (TPSA) is 52.3 Å². The predicted octanol–water partition coefficient (Wildman–Crippen LogP) is 2.13. The van der Waals surface area contributed by atoms with Gasteiger partial charge in [0, 0.05) is 6.54 Å². The van der Waals surface area contributed by atoms with Crippen LogP contribution in [-0.4, -0.2) is 12.6 Å². The van der Waals surface area contributed by atoms with Crippen LogP contribution in [0.3, 0.4) is 0 Å². The minimum absolute atomic E-state index is 0. The summed E-state index contributed by atoms with van der Waals surface area (Å²) >= 11 is 0. The Labute approximate surface area is 96.0 Å². The number of hydrogen-bond donors (Lipinski definition) is 1. The number of ether oxygens (including phenoxy) is 1. The van der Waals surface area contributed by atoms with E-state index in [1.54, 1.807) is 12.1 Å². The van der Waals surface area contributed by atoms with Gasteiger partial charge in [-0.2, -0.15) is 0 Å². The van der Waals surface area contributed by atoms with Crippen molar-refractivity contribution in [1.29, 1.82) is 0 Å². The summed E-state index contributed by atoms with van der Waals surface area (Å²) in [5.74, 6) is -0.276. The average molecular weight is 230 g/mol. The first kappa shape index (κ1) is 13.9. The maximum absolute atomic E-state index is 11.4.